The van der Waals surface area contributed by atoms with E-state index in [-0.39, 0.29) is 0 Å². The van der Waals surface area contributed by atoms with E-state index in [1.165, 1.54) is 76.9 Å². The predicted molar refractivity (Wildman–Crippen MR) is 81.1 cm³/mol. The molecule has 0 aliphatic heterocycles. The zero-order valence-corrected chi connectivity index (χ0v) is 12.8. The number of aldehydes is 1. The Bertz CT molecular complexity index is 258. The molecule has 0 radical (unpaired) electrons. The Balaban J connectivity index is 1.73. The first-order valence-electron chi connectivity index (χ1n) is 8.78. The minimum atomic E-state index is 0.392. The zero-order chi connectivity index (χ0) is 13.5. The highest BCUT2D eigenvalue weighted by molar-refractivity contribution is 5.54. The van der Waals surface area contributed by atoms with Gasteiger partial charge in [0.1, 0.15) is 6.29 Å². The van der Waals surface area contributed by atoms with Gasteiger partial charge in [0.2, 0.25) is 0 Å². The van der Waals surface area contributed by atoms with Crippen molar-refractivity contribution >= 4 is 6.29 Å². The number of carbonyl (C=O) groups is 1. The Kier molecular flexibility index (Phi) is 6.40. The van der Waals surface area contributed by atoms with Gasteiger partial charge in [-0.25, -0.2) is 0 Å². The van der Waals surface area contributed by atoms with E-state index in [0.717, 1.165) is 24.2 Å². The summed E-state index contributed by atoms with van der Waals surface area (Å²) >= 11 is 0. The van der Waals surface area contributed by atoms with Crippen molar-refractivity contribution in [1.29, 1.82) is 0 Å². The molecule has 2 rings (SSSR count). The van der Waals surface area contributed by atoms with Crippen molar-refractivity contribution < 1.29 is 4.79 Å². The molecule has 0 aromatic carbocycles. The first-order chi connectivity index (χ1) is 9.33. The van der Waals surface area contributed by atoms with Crippen LogP contribution in [0.15, 0.2) is 0 Å². The van der Waals surface area contributed by atoms with Gasteiger partial charge >= 0.3 is 0 Å². The highest BCUT2D eigenvalue weighted by atomic mass is 16.1. The molecule has 0 aromatic heterocycles. The van der Waals surface area contributed by atoms with Gasteiger partial charge in [0.25, 0.3) is 0 Å². The Hall–Kier alpha value is -0.330. The molecule has 19 heavy (non-hydrogen) atoms. The highest BCUT2D eigenvalue weighted by Crippen LogP contribution is 2.38. The Morgan fingerprint density at radius 3 is 2.37 bits per heavy atom. The normalized spacial score (nSPS) is 36.1. The summed E-state index contributed by atoms with van der Waals surface area (Å²) in [6.45, 7) is 2.32. The van der Waals surface area contributed by atoms with E-state index in [1.54, 1.807) is 0 Å². The molecule has 0 amide bonds. The van der Waals surface area contributed by atoms with Gasteiger partial charge in [-0.3, -0.25) is 0 Å². The average molecular weight is 264 g/mol. The molecule has 0 bridgehead atoms. The topological polar surface area (TPSA) is 17.1 Å². The summed E-state index contributed by atoms with van der Waals surface area (Å²) in [4.78, 5) is 11.2. The van der Waals surface area contributed by atoms with E-state index < -0.39 is 0 Å². The third-order valence-corrected chi connectivity index (χ3v) is 5.68. The summed E-state index contributed by atoms with van der Waals surface area (Å²) in [6, 6.07) is 0. The molecule has 0 spiro atoms. The highest BCUT2D eigenvalue weighted by Gasteiger charge is 2.27. The van der Waals surface area contributed by atoms with Gasteiger partial charge in [0, 0.05) is 5.92 Å². The van der Waals surface area contributed by atoms with Crippen molar-refractivity contribution in [3.63, 3.8) is 0 Å². The fourth-order valence-corrected chi connectivity index (χ4v) is 4.56. The first-order valence-corrected chi connectivity index (χ1v) is 8.78. The molecule has 110 valence electrons. The van der Waals surface area contributed by atoms with Crippen molar-refractivity contribution in [3.05, 3.63) is 0 Å². The van der Waals surface area contributed by atoms with Crippen LogP contribution in [0.2, 0.25) is 0 Å². The van der Waals surface area contributed by atoms with Crippen LogP contribution in [0.1, 0.15) is 84.0 Å². The zero-order valence-electron chi connectivity index (χ0n) is 12.8. The SMILES string of the molecule is CCCC1CCCC(CCC2CCCCC2C=O)C1. The summed E-state index contributed by atoms with van der Waals surface area (Å²) in [5.41, 5.74) is 0. The summed E-state index contributed by atoms with van der Waals surface area (Å²) in [5, 5.41) is 0. The lowest BCUT2D eigenvalue weighted by atomic mass is 9.73. The largest absolute Gasteiger partial charge is 0.303 e. The monoisotopic (exact) mass is 264 g/mol. The standard InChI is InChI=1S/C18H32O/c1-2-6-15-7-5-8-16(13-15)11-12-17-9-3-4-10-18(17)14-19/h14-18H,2-13H2,1H3. The van der Waals surface area contributed by atoms with E-state index in [9.17, 15) is 4.79 Å². The van der Waals surface area contributed by atoms with Gasteiger partial charge in [-0.05, 0) is 43.4 Å². The van der Waals surface area contributed by atoms with Gasteiger partial charge < -0.3 is 4.79 Å². The lowest BCUT2D eigenvalue weighted by Crippen LogP contribution is -2.22. The number of rotatable bonds is 6. The maximum absolute atomic E-state index is 11.2. The minimum Gasteiger partial charge on any atom is -0.303 e. The maximum atomic E-state index is 11.2. The van der Waals surface area contributed by atoms with Crippen molar-refractivity contribution in [2.24, 2.45) is 23.7 Å². The van der Waals surface area contributed by atoms with Crippen molar-refractivity contribution in [2.45, 2.75) is 84.0 Å². The third-order valence-electron chi connectivity index (χ3n) is 5.68. The number of hydrogen-bond acceptors (Lipinski definition) is 1. The Labute approximate surface area is 119 Å². The van der Waals surface area contributed by atoms with Crippen LogP contribution in [0.4, 0.5) is 0 Å². The van der Waals surface area contributed by atoms with Crippen LogP contribution in [0, 0.1) is 23.7 Å². The fraction of sp³-hybridized carbons (Fsp3) is 0.944. The predicted octanol–water partition coefficient (Wildman–Crippen LogP) is 5.38. The molecule has 2 saturated carbocycles. The molecular weight excluding hydrogens is 232 g/mol. The van der Waals surface area contributed by atoms with Crippen LogP contribution in [0.3, 0.4) is 0 Å². The van der Waals surface area contributed by atoms with Crippen molar-refractivity contribution in [1.82, 2.24) is 0 Å². The molecule has 4 unspecified atom stereocenters. The van der Waals surface area contributed by atoms with Gasteiger partial charge in [-0.15, -0.1) is 0 Å². The molecule has 1 nitrogen and oxygen atoms in total. The molecule has 4 atom stereocenters. The van der Waals surface area contributed by atoms with E-state index in [2.05, 4.69) is 6.92 Å². The minimum absolute atomic E-state index is 0.392. The van der Waals surface area contributed by atoms with E-state index in [1.807, 2.05) is 0 Å². The second kappa shape index (κ2) is 8.07. The van der Waals surface area contributed by atoms with Crippen LogP contribution in [0.25, 0.3) is 0 Å². The van der Waals surface area contributed by atoms with E-state index in [0.29, 0.717) is 5.92 Å². The summed E-state index contributed by atoms with van der Waals surface area (Å²) in [5.74, 6) is 3.10. The summed E-state index contributed by atoms with van der Waals surface area (Å²) in [6.07, 6.45) is 17.8. The molecule has 0 aromatic rings. The van der Waals surface area contributed by atoms with E-state index in [4.69, 9.17) is 0 Å². The number of carbonyl (C=O) groups excluding carboxylic acids is 1. The molecule has 2 aliphatic rings. The van der Waals surface area contributed by atoms with Crippen LogP contribution in [-0.4, -0.2) is 6.29 Å². The molecule has 1 heteroatoms. The summed E-state index contributed by atoms with van der Waals surface area (Å²) < 4.78 is 0. The molecule has 0 saturated heterocycles. The third kappa shape index (κ3) is 4.61. The lowest BCUT2D eigenvalue weighted by Gasteiger charge is -2.32. The van der Waals surface area contributed by atoms with E-state index >= 15 is 0 Å². The maximum Gasteiger partial charge on any atom is 0.123 e. The quantitative estimate of drug-likeness (QED) is 0.589. The Morgan fingerprint density at radius 2 is 1.63 bits per heavy atom. The van der Waals surface area contributed by atoms with Crippen LogP contribution in [-0.2, 0) is 4.79 Å². The van der Waals surface area contributed by atoms with Gasteiger partial charge in [-0.1, -0.05) is 58.3 Å². The second-order valence-corrected chi connectivity index (χ2v) is 7.11. The smallest absolute Gasteiger partial charge is 0.123 e. The van der Waals surface area contributed by atoms with Crippen LogP contribution in [0.5, 0.6) is 0 Å². The van der Waals surface area contributed by atoms with Crippen molar-refractivity contribution in [2.75, 3.05) is 0 Å². The second-order valence-electron chi connectivity index (χ2n) is 7.11. The summed E-state index contributed by atoms with van der Waals surface area (Å²) in [7, 11) is 0. The molecule has 0 N–H and O–H groups in total. The molecule has 2 aliphatic carbocycles. The van der Waals surface area contributed by atoms with Crippen LogP contribution < -0.4 is 0 Å². The lowest BCUT2D eigenvalue weighted by molar-refractivity contribution is -0.113. The molecular formula is C18H32O. The number of hydrogen-bond donors (Lipinski definition) is 0. The fourth-order valence-electron chi connectivity index (χ4n) is 4.56. The van der Waals surface area contributed by atoms with Gasteiger partial charge in [0.15, 0.2) is 0 Å². The van der Waals surface area contributed by atoms with Gasteiger partial charge in [0.05, 0.1) is 0 Å². The van der Waals surface area contributed by atoms with Crippen LogP contribution >= 0.6 is 0 Å². The molecule has 0 heterocycles. The van der Waals surface area contributed by atoms with Gasteiger partial charge in [-0.2, -0.15) is 0 Å². The van der Waals surface area contributed by atoms with Crippen molar-refractivity contribution in [3.8, 4) is 0 Å². The molecule has 2 fully saturated rings. The Morgan fingerprint density at radius 1 is 0.895 bits per heavy atom. The average Bonchev–Trinajstić information content (AvgIpc) is 2.46. The first kappa shape index (κ1) is 15.1.